The van der Waals surface area contributed by atoms with Gasteiger partial charge in [0, 0.05) is 3.92 Å². The van der Waals surface area contributed by atoms with Crippen LogP contribution in [0.4, 0.5) is 4.79 Å². The normalized spacial score (nSPS) is 34.0. The van der Waals surface area contributed by atoms with E-state index >= 15 is 0 Å². The van der Waals surface area contributed by atoms with Crippen molar-refractivity contribution in [1.82, 2.24) is 5.32 Å². The van der Waals surface area contributed by atoms with Gasteiger partial charge in [0.25, 0.3) is 0 Å². The second kappa shape index (κ2) is 2.85. The molecule has 2 atom stereocenters. The van der Waals surface area contributed by atoms with Gasteiger partial charge in [-0.1, -0.05) is 22.6 Å². The summed E-state index contributed by atoms with van der Waals surface area (Å²) in [7, 11) is 0. The number of alkyl halides is 1. The molecular weight excluding hydrogens is 259 g/mol. The van der Waals surface area contributed by atoms with Crippen LogP contribution in [0.15, 0.2) is 0 Å². The highest BCUT2D eigenvalue weighted by Gasteiger charge is 2.53. The minimum absolute atomic E-state index is 0.271. The van der Waals surface area contributed by atoms with E-state index in [2.05, 4.69) is 27.9 Å². The number of rotatable bonds is 2. The molecule has 0 spiro atoms. The van der Waals surface area contributed by atoms with E-state index in [9.17, 15) is 4.79 Å². The van der Waals surface area contributed by atoms with Crippen molar-refractivity contribution in [2.24, 2.45) is 0 Å². The van der Waals surface area contributed by atoms with Crippen molar-refractivity contribution >= 4 is 28.7 Å². The highest BCUT2D eigenvalue weighted by Crippen LogP contribution is 2.45. The van der Waals surface area contributed by atoms with E-state index in [0.29, 0.717) is 0 Å². The molecule has 60 valence electrons. The summed E-state index contributed by atoms with van der Waals surface area (Å²) < 4.78 is 0.274. The van der Waals surface area contributed by atoms with Gasteiger partial charge in [0.2, 0.25) is 0 Å². The predicted molar refractivity (Wildman–Crippen MR) is 46.5 cm³/mol. The Labute approximate surface area is 77.7 Å². The molecule has 0 aromatic heterocycles. The lowest BCUT2D eigenvalue weighted by Crippen LogP contribution is -2.37. The molecule has 2 N–H and O–H groups in total. The van der Waals surface area contributed by atoms with E-state index in [0.717, 1.165) is 6.42 Å². The number of amides is 1. The van der Waals surface area contributed by atoms with Gasteiger partial charge in [0.1, 0.15) is 0 Å². The van der Waals surface area contributed by atoms with Crippen LogP contribution < -0.4 is 5.32 Å². The molecule has 0 aromatic carbocycles. The van der Waals surface area contributed by atoms with Gasteiger partial charge in [0.15, 0.2) is 0 Å². The Morgan fingerprint density at radius 3 is 2.82 bits per heavy atom. The van der Waals surface area contributed by atoms with E-state index in [-0.39, 0.29) is 10.3 Å². The summed E-state index contributed by atoms with van der Waals surface area (Å²) in [5, 5.41) is 19.2. The number of nitriles is 1. The van der Waals surface area contributed by atoms with Crippen molar-refractivity contribution < 1.29 is 9.90 Å². The zero-order chi connectivity index (χ0) is 8.48. The van der Waals surface area contributed by atoms with Crippen LogP contribution in [0.3, 0.4) is 0 Å². The van der Waals surface area contributed by atoms with Crippen LogP contribution in [0.2, 0.25) is 0 Å². The maximum absolute atomic E-state index is 10.3. The van der Waals surface area contributed by atoms with Gasteiger partial charge >= 0.3 is 6.09 Å². The molecule has 0 saturated heterocycles. The van der Waals surface area contributed by atoms with Crippen LogP contribution in [-0.2, 0) is 0 Å². The third kappa shape index (κ3) is 1.74. The maximum atomic E-state index is 10.3. The van der Waals surface area contributed by atoms with Gasteiger partial charge in [-0.3, -0.25) is 0 Å². The highest BCUT2D eigenvalue weighted by atomic mass is 127. The number of halogens is 1. The second-order valence-electron chi connectivity index (χ2n) is 2.59. The molecule has 1 amide bonds. The van der Waals surface area contributed by atoms with E-state index in [1.807, 2.05) is 6.07 Å². The lowest BCUT2D eigenvalue weighted by molar-refractivity contribution is 0.189. The number of carboxylic acid groups (broad SMARTS) is 1. The third-order valence-electron chi connectivity index (χ3n) is 1.73. The van der Waals surface area contributed by atoms with Gasteiger partial charge in [-0.05, 0) is 6.42 Å². The second-order valence-corrected chi connectivity index (χ2v) is 4.10. The van der Waals surface area contributed by atoms with E-state index < -0.39 is 11.6 Å². The lowest BCUT2D eigenvalue weighted by Gasteiger charge is -2.10. The summed E-state index contributed by atoms with van der Waals surface area (Å²) >= 11 is 2.15. The first-order chi connectivity index (χ1) is 5.10. The number of carbonyl (C=O) groups is 1. The van der Waals surface area contributed by atoms with Crippen LogP contribution in [0.1, 0.15) is 12.8 Å². The molecule has 0 aromatic rings. The minimum Gasteiger partial charge on any atom is -0.465 e. The Morgan fingerprint density at radius 1 is 2.00 bits per heavy atom. The number of hydrogen-bond acceptors (Lipinski definition) is 2. The van der Waals surface area contributed by atoms with Crippen LogP contribution in [0.25, 0.3) is 0 Å². The van der Waals surface area contributed by atoms with Crippen molar-refractivity contribution in [3.05, 3.63) is 0 Å². The van der Waals surface area contributed by atoms with Crippen LogP contribution >= 0.6 is 22.6 Å². The molecule has 1 rings (SSSR count). The van der Waals surface area contributed by atoms with Gasteiger partial charge in [-0.25, -0.2) is 4.79 Å². The van der Waals surface area contributed by atoms with E-state index in [1.54, 1.807) is 0 Å². The fourth-order valence-corrected chi connectivity index (χ4v) is 2.13. The topological polar surface area (TPSA) is 73.1 Å². The quantitative estimate of drug-likeness (QED) is 0.581. The fourth-order valence-electron chi connectivity index (χ4n) is 0.971. The molecule has 1 fully saturated rings. The minimum atomic E-state index is -1.04. The molecule has 0 radical (unpaired) electrons. The van der Waals surface area contributed by atoms with Gasteiger partial charge in [0.05, 0.1) is 18.0 Å². The van der Waals surface area contributed by atoms with Gasteiger partial charge in [-0.15, -0.1) is 0 Å². The first-order valence-electron chi connectivity index (χ1n) is 3.13. The first-order valence-corrected chi connectivity index (χ1v) is 4.37. The summed E-state index contributed by atoms with van der Waals surface area (Å²) in [6.07, 6.45) is -0.000217. The summed E-state index contributed by atoms with van der Waals surface area (Å²) in [5.41, 5.74) is -0.443. The first kappa shape index (κ1) is 8.59. The molecule has 0 bridgehead atoms. The molecule has 1 aliphatic rings. The molecule has 1 aliphatic carbocycles. The Bertz CT molecular complexity index is 225. The summed E-state index contributed by atoms with van der Waals surface area (Å²) in [4.78, 5) is 10.3. The average Bonchev–Trinajstić information content (AvgIpc) is 2.40. The summed E-state index contributed by atoms with van der Waals surface area (Å²) in [5.74, 6) is 0. The third-order valence-corrected chi connectivity index (χ3v) is 3.37. The molecule has 4 nitrogen and oxygen atoms in total. The average molecular weight is 266 g/mol. The summed E-state index contributed by atoms with van der Waals surface area (Å²) in [6.45, 7) is 0. The maximum Gasteiger partial charge on any atom is 0.405 e. The SMILES string of the molecule is N#CCC1(NC(=O)O)CC1I. The Kier molecular flexibility index (Phi) is 2.23. The largest absolute Gasteiger partial charge is 0.465 e. The van der Waals surface area contributed by atoms with Crippen molar-refractivity contribution in [1.29, 1.82) is 5.26 Å². The highest BCUT2D eigenvalue weighted by molar-refractivity contribution is 14.1. The Balaban J connectivity index is 2.51. The van der Waals surface area contributed by atoms with E-state index in [4.69, 9.17) is 10.4 Å². The zero-order valence-electron chi connectivity index (χ0n) is 5.67. The number of hydrogen-bond donors (Lipinski definition) is 2. The van der Waals surface area contributed by atoms with Gasteiger partial charge in [-0.2, -0.15) is 5.26 Å². The predicted octanol–water partition coefficient (Wildman–Crippen LogP) is 1.11. The van der Waals surface area contributed by atoms with Crippen LogP contribution in [-0.4, -0.2) is 20.7 Å². The Hall–Kier alpha value is -0.510. The zero-order valence-corrected chi connectivity index (χ0v) is 7.83. The standard InChI is InChI=1S/C6H7IN2O2/c7-4-3-6(4,1-2-8)9-5(10)11/h4,9H,1,3H2,(H,10,11). The molecule has 5 heteroatoms. The van der Waals surface area contributed by atoms with Crippen molar-refractivity contribution in [2.75, 3.05) is 0 Å². The monoisotopic (exact) mass is 266 g/mol. The molecule has 0 heterocycles. The molecule has 2 unspecified atom stereocenters. The number of nitrogens with one attached hydrogen (secondary N) is 1. The fraction of sp³-hybridized carbons (Fsp3) is 0.667. The van der Waals surface area contributed by atoms with Crippen LogP contribution in [0.5, 0.6) is 0 Å². The molecular formula is C6H7IN2O2. The molecule has 0 aliphatic heterocycles. The van der Waals surface area contributed by atoms with Crippen molar-refractivity contribution in [3.8, 4) is 6.07 Å². The summed E-state index contributed by atoms with van der Waals surface area (Å²) in [6, 6.07) is 1.98. The van der Waals surface area contributed by atoms with E-state index in [1.165, 1.54) is 0 Å². The number of nitrogens with zero attached hydrogens (tertiary/aromatic N) is 1. The van der Waals surface area contributed by atoms with Crippen molar-refractivity contribution in [3.63, 3.8) is 0 Å². The van der Waals surface area contributed by atoms with Crippen molar-refractivity contribution in [2.45, 2.75) is 22.3 Å². The Morgan fingerprint density at radius 2 is 2.55 bits per heavy atom. The molecule has 1 saturated carbocycles. The van der Waals surface area contributed by atoms with Gasteiger partial charge < -0.3 is 10.4 Å². The van der Waals surface area contributed by atoms with Crippen LogP contribution in [0, 0.1) is 11.3 Å². The lowest BCUT2D eigenvalue weighted by atomic mass is 10.2. The molecule has 11 heavy (non-hydrogen) atoms. The smallest absolute Gasteiger partial charge is 0.405 e.